The van der Waals surface area contributed by atoms with Crippen LogP contribution in [0.3, 0.4) is 0 Å². The van der Waals surface area contributed by atoms with Crippen LogP contribution in [0.1, 0.15) is 170 Å². The molecule has 32 nitrogen and oxygen atoms in total. The van der Waals surface area contributed by atoms with Crippen LogP contribution in [0, 0.1) is 58.3 Å². The molecule has 8 aromatic carbocycles. The van der Waals surface area contributed by atoms with E-state index in [4.69, 9.17) is 62.6 Å². The second-order valence-electron chi connectivity index (χ2n) is 32.1. The summed E-state index contributed by atoms with van der Waals surface area (Å²) < 4.78 is 179. The molecule has 0 spiro atoms. The minimum atomic E-state index is -0.961. The van der Waals surface area contributed by atoms with E-state index in [2.05, 4.69) is 46.9 Å². The topological polar surface area (TPSA) is 496 Å². The van der Waals surface area contributed by atoms with Crippen molar-refractivity contribution in [2.24, 2.45) is 39.7 Å². The van der Waals surface area contributed by atoms with E-state index < -0.39 is 192 Å². The number of halogens is 11. The Bertz CT molecular complexity index is 5480. The van der Waals surface area contributed by atoms with Crippen molar-refractivity contribution < 1.29 is 125 Å². The highest BCUT2D eigenvalue weighted by Gasteiger charge is 2.31. The fourth-order valence-electron chi connectivity index (χ4n) is 13.8. The molecular weight excluding hydrogens is 1890 g/mol. The van der Waals surface area contributed by atoms with Gasteiger partial charge < -0.3 is 83.7 Å². The smallest absolute Gasteiger partial charge is 0.251 e. The number of amides is 5. The molecule has 10 rings (SSSR count). The van der Waals surface area contributed by atoms with Crippen LogP contribution in [0.4, 0.5) is 54.0 Å². The predicted octanol–water partition coefficient (Wildman–Crippen LogP) is 14.2. The zero-order chi connectivity index (χ0) is 104. The van der Waals surface area contributed by atoms with Crippen LogP contribution in [-0.4, -0.2) is 189 Å². The number of rotatable bonds is 57. The molecule has 5 atom stereocenters. The number of hydrogen-bond acceptors (Lipinski definition) is 24. The Morgan fingerprint density at radius 2 is 0.692 bits per heavy atom. The second kappa shape index (κ2) is 66.4. The number of nitrogens with two attached hydrogens (primary N) is 5. The Balaban J connectivity index is 0.000000275. The molecule has 5 amide bonds. The third-order valence-corrected chi connectivity index (χ3v) is 21.3. The number of ketones is 5. The fourth-order valence-corrected chi connectivity index (χ4v) is 13.8. The number of carbonyl (C=O) groups is 10. The third kappa shape index (κ3) is 43.0. The molecular formula is C100H119F11N16O16. The summed E-state index contributed by atoms with van der Waals surface area (Å²) in [5.74, 6) is -14.3. The van der Waals surface area contributed by atoms with Gasteiger partial charge in [0.05, 0.1) is 49.7 Å². The number of carbonyl (C=O) groups excluding carboxylic acids is 10. The molecule has 0 aliphatic heterocycles. The highest BCUT2D eigenvalue weighted by molar-refractivity contribution is 6.01. The molecule has 1 fully saturated rings. The highest BCUT2D eigenvalue weighted by Crippen LogP contribution is 2.29. The molecule has 1 aromatic heterocycles. The Labute approximate surface area is 819 Å². The zero-order valence-corrected chi connectivity index (χ0v) is 78.6. The number of hydrogen-bond donors (Lipinski definition) is 10. The molecule has 0 radical (unpaired) electrons. The lowest BCUT2D eigenvalue weighted by atomic mass is 10.0. The number of azide groups is 1. The van der Waals surface area contributed by atoms with Crippen LogP contribution in [0.5, 0.6) is 34.5 Å². The highest BCUT2D eigenvalue weighted by atomic mass is 19.2. The maximum absolute atomic E-state index is 13.7. The Morgan fingerprint density at radius 3 is 1.01 bits per heavy atom. The minimum absolute atomic E-state index is 0.0159. The van der Waals surface area contributed by atoms with Crippen molar-refractivity contribution in [2.75, 3.05) is 85.7 Å². The number of para-hydroxylation sites is 4. The largest absolute Gasteiger partial charge is 0.493 e. The van der Waals surface area contributed by atoms with E-state index in [0.29, 0.717) is 102 Å². The fraction of sp³-hybridized carbons (Fsp3) is 0.400. The van der Waals surface area contributed by atoms with Crippen LogP contribution in [0.15, 0.2) is 187 Å². The Hall–Kier alpha value is -14.3. The summed E-state index contributed by atoms with van der Waals surface area (Å²) in [6.07, 6.45) is 15.7. The molecule has 1 aliphatic rings. The molecule has 5 unspecified atom stereocenters. The first-order valence-corrected chi connectivity index (χ1v) is 46.3. The van der Waals surface area contributed by atoms with E-state index in [-0.39, 0.29) is 97.4 Å². The van der Waals surface area contributed by atoms with Gasteiger partial charge in [-0.1, -0.05) is 77.8 Å². The molecule has 1 heterocycles. The molecule has 15 N–H and O–H groups in total. The van der Waals surface area contributed by atoms with Gasteiger partial charge in [-0.15, -0.1) is 5.10 Å². The molecule has 43 heteroatoms. The van der Waals surface area contributed by atoms with Gasteiger partial charge in [0.15, 0.2) is 98.5 Å². The van der Waals surface area contributed by atoms with E-state index in [9.17, 15) is 96.2 Å². The van der Waals surface area contributed by atoms with Crippen LogP contribution < -0.4 is 83.7 Å². The standard InChI is InChI=1S/C23H27F3N2O4.C22H25F3N2O4.C20H21F3N2O3.C20H21F2N5O3.C15H25N5O2/c24-11-5-13-31-17-7-3-6-16(14-17)23(30)28-20(10-1-2-12-27)21(29)15-32-22-18(25)8-4-9-19(22)26;23-10-12-30-16-6-3-5-15(13-16)22(29)27-19(9-1-2-11-26)20(28)14-31-21-17(24)7-4-8-18(21)25;21-14-6-3-5-13(11-14)20(27)25-17(9-1-2-10-24)18(26)12-28-19-15(22)7-4-8-16(19)23;21-15-7-4-8-16(22)19(15)30-12-18(28)17(9-1-2-10-23)25-20(29)13-5-3-6-14(11-13)26-27-24;16-8-4-3-7-13(14(21)11-20-10-9-17-19-20)18-15(22)12-5-1-2-6-12/h3-4,6-9,14,20H,1-2,5,10-13,15,27H2,(H,28,30);3-8,13,19H,1-2,9-12,14,26H2,(H,27,29);3-8,11,17H,1-2,9-10,12,24H2,(H,25,27);3-8,11,17H,1-2,9-10,12,23H2,(H,25,29);9-10,12-13H,1-8,11,16H2,(H,18,22). The molecule has 143 heavy (non-hydrogen) atoms. The summed E-state index contributed by atoms with van der Waals surface area (Å²) in [5.41, 5.74) is 36.9. The van der Waals surface area contributed by atoms with Gasteiger partial charge in [-0.3, -0.25) is 52.3 Å². The minimum Gasteiger partial charge on any atom is -0.493 e. The Kier molecular flexibility index (Phi) is 54.6. The van der Waals surface area contributed by atoms with Gasteiger partial charge in [-0.05, 0) is 263 Å². The summed E-state index contributed by atoms with van der Waals surface area (Å²) in [6, 6.07) is 31.9. The first kappa shape index (κ1) is 117. The summed E-state index contributed by atoms with van der Waals surface area (Å²) >= 11 is 0. The average Bonchev–Trinajstić information content (AvgIpc) is 1.72. The Morgan fingerprint density at radius 1 is 0.378 bits per heavy atom. The number of nitrogens with zero attached hydrogens (tertiary/aromatic N) is 6. The van der Waals surface area contributed by atoms with E-state index in [0.717, 1.165) is 93.1 Å². The van der Waals surface area contributed by atoms with E-state index in [1.54, 1.807) is 36.5 Å². The summed E-state index contributed by atoms with van der Waals surface area (Å²) in [7, 11) is 0. The SMILES string of the molecule is NCCCCC(NC(=O)C1CCCC1)C(=O)Cn1ccnn1.NCCCCC(NC(=O)c1cccc(F)c1)C(=O)COc1c(F)cccc1F.NCCCCC(NC(=O)c1cccc(OCCCF)c1)C(=O)COc1c(F)cccc1F.NCCCCC(NC(=O)c1cccc(OCCF)c1)C(=O)COc1c(F)cccc1F.[N-]=[N+]=Nc1cccc(C(=O)NC(CCCCN)C(=O)COc2c(F)cccc2F)c1. The number of alkyl halides is 2. The monoisotopic (exact) mass is 2010 g/mol. The zero-order valence-electron chi connectivity index (χ0n) is 78.6. The van der Waals surface area contributed by atoms with Crippen LogP contribution in [0.25, 0.3) is 10.4 Å². The number of aromatic nitrogens is 3. The van der Waals surface area contributed by atoms with Crippen LogP contribution >= 0.6 is 0 Å². The van der Waals surface area contributed by atoms with Crippen molar-refractivity contribution in [3.05, 3.63) is 267 Å². The van der Waals surface area contributed by atoms with Crippen LogP contribution in [-0.2, 0) is 35.3 Å². The summed E-state index contributed by atoms with van der Waals surface area (Å²) in [4.78, 5) is 128. The van der Waals surface area contributed by atoms with E-state index in [1.165, 1.54) is 95.8 Å². The van der Waals surface area contributed by atoms with Crippen molar-refractivity contribution in [1.82, 2.24) is 41.6 Å². The lowest BCUT2D eigenvalue weighted by Gasteiger charge is -2.20. The van der Waals surface area contributed by atoms with Crippen molar-refractivity contribution in [3.8, 4) is 34.5 Å². The molecule has 9 aromatic rings. The maximum Gasteiger partial charge on any atom is 0.251 e. The predicted molar refractivity (Wildman–Crippen MR) is 508 cm³/mol. The maximum atomic E-state index is 13.7. The lowest BCUT2D eigenvalue weighted by molar-refractivity contribution is -0.130. The number of Topliss-reactive ketones (excluding diaryl/α,β-unsaturated/α-hetero) is 5. The first-order valence-electron chi connectivity index (χ1n) is 46.3. The van der Waals surface area contributed by atoms with Gasteiger partial charge in [0, 0.05) is 51.4 Å². The lowest BCUT2D eigenvalue weighted by Crippen LogP contribution is -2.44. The molecule has 0 bridgehead atoms. The molecule has 0 saturated heterocycles. The normalized spacial score (nSPS) is 12.3. The quantitative estimate of drug-likeness (QED) is 0.00556. The van der Waals surface area contributed by atoms with Crippen molar-refractivity contribution >= 4 is 64.1 Å². The first-order chi connectivity index (χ1) is 69.0. The molecule has 1 aliphatic carbocycles. The number of ether oxygens (including phenoxy) is 6. The van der Waals surface area contributed by atoms with E-state index >= 15 is 0 Å². The summed E-state index contributed by atoms with van der Waals surface area (Å²) in [6.45, 7) is -1.23. The van der Waals surface area contributed by atoms with E-state index in [1.807, 2.05) is 0 Å². The van der Waals surface area contributed by atoms with Gasteiger partial charge in [0.1, 0.15) is 63.6 Å². The van der Waals surface area contributed by atoms with Crippen molar-refractivity contribution in [1.29, 1.82) is 0 Å². The second-order valence-corrected chi connectivity index (χ2v) is 32.1. The van der Waals surface area contributed by atoms with Gasteiger partial charge in [0.25, 0.3) is 23.6 Å². The van der Waals surface area contributed by atoms with Gasteiger partial charge in [0.2, 0.25) is 5.91 Å². The molecule has 772 valence electrons. The third-order valence-electron chi connectivity index (χ3n) is 21.3. The van der Waals surface area contributed by atoms with Crippen LogP contribution in [0.2, 0.25) is 0 Å². The van der Waals surface area contributed by atoms with Crippen molar-refractivity contribution in [3.63, 3.8) is 0 Å². The number of unbranched alkanes of at least 4 members (excludes halogenated alkanes) is 5. The number of benzene rings is 8. The summed E-state index contributed by atoms with van der Waals surface area (Å²) in [5, 5.41) is 24.2. The van der Waals surface area contributed by atoms with Gasteiger partial charge in [-0.25, -0.2) is 48.6 Å². The van der Waals surface area contributed by atoms with Gasteiger partial charge in [-0.2, -0.15) is 0 Å². The van der Waals surface area contributed by atoms with Gasteiger partial charge >= 0.3 is 0 Å². The number of nitrogens with one attached hydrogen (secondary N) is 5. The molecule has 1 saturated carbocycles. The average molecular weight is 2010 g/mol. The van der Waals surface area contributed by atoms with Crippen molar-refractivity contribution in [2.45, 2.75) is 165 Å².